The molecule has 0 unspecified atom stereocenters. The smallest absolute Gasteiger partial charge is 0.253 e. The number of aromatic amines is 1. The number of aromatic nitrogens is 2. The highest BCUT2D eigenvalue weighted by Crippen LogP contribution is 2.27. The number of pyridine rings is 1. The molecule has 5 nitrogen and oxygen atoms in total. The Balaban J connectivity index is 1.64. The Bertz CT molecular complexity index is 1150. The number of aryl methyl sites for hydroxylation is 1. The number of nitrogen functional groups attached to an aromatic ring is 1. The molecule has 2 aromatic carbocycles. The van der Waals surface area contributed by atoms with Crippen molar-refractivity contribution in [1.82, 2.24) is 15.3 Å². The van der Waals surface area contributed by atoms with Crippen LogP contribution in [0.15, 0.2) is 53.0 Å². The summed E-state index contributed by atoms with van der Waals surface area (Å²) in [6, 6.07) is 15.4. The number of carbonyl (C=O) groups excluding carboxylic acids is 1. The zero-order chi connectivity index (χ0) is 18.3. The summed E-state index contributed by atoms with van der Waals surface area (Å²) in [5.74, 6) is -0.220. The average Bonchev–Trinajstić information content (AvgIpc) is 3.01. The van der Waals surface area contributed by atoms with Crippen LogP contribution in [0.3, 0.4) is 0 Å². The SMILES string of the molecule is Cc1nc(CNC(=O)c2cc(Br)ccc2N)cc2c1[nH]c1ccccc12. The van der Waals surface area contributed by atoms with Crippen LogP contribution in [0, 0.1) is 6.92 Å². The molecule has 4 aromatic rings. The number of amides is 1. The number of halogens is 1. The fraction of sp³-hybridized carbons (Fsp3) is 0.100. The summed E-state index contributed by atoms with van der Waals surface area (Å²) in [6.45, 7) is 2.30. The number of rotatable bonds is 3. The van der Waals surface area contributed by atoms with E-state index in [4.69, 9.17) is 5.73 Å². The number of para-hydroxylation sites is 1. The minimum absolute atomic E-state index is 0.220. The van der Waals surface area contributed by atoms with Gasteiger partial charge in [0.25, 0.3) is 5.91 Å². The van der Waals surface area contributed by atoms with Crippen molar-refractivity contribution in [2.24, 2.45) is 0 Å². The van der Waals surface area contributed by atoms with Crippen molar-refractivity contribution in [1.29, 1.82) is 0 Å². The molecule has 0 fully saturated rings. The Morgan fingerprint density at radius 3 is 2.85 bits per heavy atom. The normalized spacial score (nSPS) is 11.2. The highest BCUT2D eigenvalue weighted by atomic mass is 79.9. The molecule has 0 saturated carbocycles. The van der Waals surface area contributed by atoms with E-state index < -0.39 is 0 Å². The summed E-state index contributed by atoms with van der Waals surface area (Å²) in [5.41, 5.74) is 10.6. The summed E-state index contributed by atoms with van der Waals surface area (Å²) in [6.07, 6.45) is 0. The van der Waals surface area contributed by atoms with Gasteiger partial charge in [-0.3, -0.25) is 9.78 Å². The molecule has 0 aliphatic carbocycles. The van der Waals surface area contributed by atoms with E-state index in [9.17, 15) is 4.79 Å². The molecule has 0 saturated heterocycles. The highest BCUT2D eigenvalue weighted by molar-refractivity contribution is 9.10. The standard InChI is InChI=1S/C20H17BrN4O/c1-11-19-15(14-4-2-3-5-18(14)25-19)9-13(24-11)10-23-20(26)16-8-12(21)6-7-17(16)22/h2-9,25H,10,22H2,1H3,(H,23,26). The molecule has 0 atom stereocenters. The largest absolute Gasteiger partial charge is 0.398 e. The molecule has 0 aliphatic rings. The molecule has 6 heteroatoms. The Hall–Kier alpha value is -2.86. The average molecular weight is 409 g/mol. The van der Waals surface area contributed by atoms with Crippen molar-refractivity contribution in [2.75, 3.05) is 5.73 Å². The second kappa shape index (κ2) is 6.46. The molecule has 0 radical (unpaired) electrons. The monoisotopic (exact) mass is 408 g/mol. The van der Waals surface area contributed by atoms with Crippen LogP contribution < -0.4 is 11.1 Å². The van der Waals surface area contributed by atoms with Crippen LogP contribution in [0.1, 0.15) is 21.7 Å². The molecule has 0 bridgehead atoms. The quantitative estimate of drug-likeness (QED) is 0.441. The molecular formula is C20H17BrN4O. The lowest BCUT2D eigenvalue weighted by Crippen LogP contribution is -2.24. The van der Waals surface area contributed by atoms with Crippen LogP contribution in [0.4, 0.5) is 5.69 Å². The molecule has 2 aromatic heterocycles. The van der Waals surface area contributed by atoms with Gasteiger partial charge in [-0.05, 0) is 37.3 Å². The van der Waals surface area contributed by atoms with Gasteiger partial charge >= 0.3 is 0 Å². The van der Waals surface area contributed by atoms with Gasteiger partial charge in [-0.2, -0.15) is 0 Å². The maximum absolute atomic E-state index is 12.5. The Morgan fingerprint density at radius 2 is 2.00 bits per heavy atom. The molecule has 4 rings (SSSR count). The molecular weight excluding hydrogens is 392 g/mol. The first-order valence-corrected chi connectivity index (χ1v) is 9.02. The molecule has 0 aliphatic heterocycles. The van der Waals surface area contributed by atoms with Gasteiger partial charge in [-0.1, -0.05) is 34.1 Å². The van der Waals surface area contributed by atoms with Crippen molar-refractivity contribution < 1.29 is 4.79 Å². The van der Waals surface area contributed by atoms with Crippen molar-refractivity contribution >= 4 is 49.3 Å². The first kappa shape index (κ1) is 16.6. The van der Waals surface area contributed by atoms with Crippen molar-refractivity contribution in [3.05, 3.63) is 70.0 Å². The predicted octanol–water partition coefficient (Wildman–Crippen LogP) is 4.30. The second-order valence-corrected chi connectivity index (χ2v) is 7.12. The number of nitrogens with two attached hydrogens (primary N) is 1. The van der Waals surface area contributed by atoms with E-state index in [2.05, 4.69) is 37.3 Å². The number of nitrogens with one attached hydrogen (secondary N) is 2. The third kappa shape index (κ3) is 2.93. The number of nitrogens with zero attached hydrogens (tertiary/aromatic N) is 1. The van der Waals surface area contributed by atoms with E-state index in [1.54, 1.807) is 12.1 Å². The van der Waals surface area contributed by atoms with Crippen molar-refractivity contribution in [2.45, 2.75) is 13.5 Å². The van der Waals surface area contributed by atoms with E-state index in [-0.39, 0.29) is 5.91 Å². The van der Waals surface area contributed by atoms with Crippen molar-refractivity contribution in [3.8, 4) is 0 Å². The molecule has 130 valence electrons. The number of hydrogen-bond donors (Lipinski definition) is 3. The summed E-state index contributed by atoms with van der Waals surface area (Å²) >= 11 is 3.36. The van der Waals surface area contributed by atoms with Gasteiger partial charge in [0, 0.05) is 26.4 Å². The lowest BCUT2D eigenvalue weighted by atomic mass is 10.1. The predicted molar refractivity (Wildman–Crippen MR) is 108 cm³/mol. The third-order valence-corrected chi connectivity index (χ3v) is 4.91. The van der Waals surface area contributed by atoms with E-state index in [1.165, 1.54) is 0 Å². The Kier molecular flexibility index (Phi) is 4.12. The molecule has 2 heterocycles. The molecule has 0 spiro atoms. The number of hydrogen-bond acceptors (Lipinski definition) is 3. The third-order valence-electron chi connectivity index (χ3n) is 4.42. The number of H-pyrrole nitrogens is 1. The molecule has 1 amide bonds. The van der Waals surface area contributed by atoms with E-state index in [0.29, 0.717) is 17.8 Å². The topological polar surface area (TPSA) is 83.8 Å². The zero-order valence-electron chi connectivity index (χ0n) is 14.1. The highest BCUT2D eigenvalue weighted by Gasteiger charge is 2.12. The molecule has 4 N–H and O–H groups in total. The van der Waals surface area contributed by atoms with Gasteiger partial charge < -0.3 is 16.0 Å². The van der Waals surface area contributed by atoms with Crippen LogP contribution in [0.25, 0.3) is 21.8 Å². The lowest BCUT2D eigenvalue weighted by Gasteiger charge is -2.09. The van der Waals surface area contributed by atoms with Crippen LogP contribution >= 0.6 is 15.9 Å². The zero-order valence-corrected chi connectivity index (χ0v) is 15.7. The van der Waals surface area contributed by atoms with Gasteiger partial charge in [0.05, 0.1) is 29.0 Å². The van der Waals surface area contributed by atoms with Crippen LogP contribution in [0.2, 0.25) is 0 Å². The second-order valence-electron chi connectivity index (χ2n) is 6.21. The van der Waals surface area contributed by atoms with Gasteiger partial charge in [0.2, 0.25) is 0 Å². The van der Waals surface area contributed by atoms with E-state index >= 15 is 0 Å². The van der Waals surface area contributed by atoms with Crippen LogP contribution in [0.5, 0.6) is 0 Å². The summed E-state index contributed by atoms with van der Waals surface area (Å²) in [5, 5.41) is 5.16. The number of anilines is 1. The summed E-state index contributed by atoms with van der Waals surface area (Å²) in [7, 11) is 0. The van der Waals surface area contributed by atoms with Gasteiger partial charge in [0.1, 0.15) is 0 Å². The van der Waals surface area contributed by atoms with E-state index in [1.807, 2.05) is 37.3 Å². The minimum atomic E-state index is -0.220. The van der Waals surface area contributed by atoms with Gasteiger partial charge in [0.15, 0.2) is 0 Å². The first-order valence-electron chi connectivity index (χ1n) is 8.23. The van der Waals surface area contributed by atoms with Crippen LogP contribution in [-0.4, -0.2) is 15.9 Å². The van der Waals surface area contributed by atoms with Gasteiger partial charge in [-0.25, -0.2) is 0 Å². The fourth-order valence-electron chi connectivity index (χ4n) is 3.15. The van der Waals surface area contributed by atoms with E-state index in [0.717, 1.165) is 37.7 Å². The fourth-order valence-corrected chi connectivity index (χ4v) is 3.51. The maximum atomic E-state index is 12.5. The minimum Gasteiger partial charge on any atom is -0.398 e. The number of benzene rings is 2. The summed E-state index contributed by atoms with van der Waals surface area (Å²) < 4.78 is 0.811. The lowest BCUT2D eigenvalue weighted by molar-refractivity contribution is 0.0951. The van der Waals surface area contributed by atoms with Crippen LogP contribution in [-0.2, 0) is 6.54 Å². The van der Waals surface area contributed by atoms with Gasteiger partial charge in [-0.15, -0.1) is 0 Å². The first-order chi connectivity index (χ1) is 12.5. The number of carbonyl (C=O) groups is 1. The Labute approximate surface area is 158 Å². The summed E-state index contributed by atoms with van der Waals surface area (Å²) in [4.78, 5) is 20.5. The van der Waals surface area contributed by atoms with Crippen molar-refractivity contribution in [3.63, 3.8) is 0 Å². The number of fused-ring (bicyclic) bond motifs is 3. The molecule has 26 heavy (non-hydrogen) atoms. The maximum Gasteiger partial charge on any atom is 0.253 e. The Morgan fingerprint density at radius 1 is 1.19 bits per heavy atom.